The number of carbonyl (C=O) groups is 1. The van der Waals surface area contributed by atoms with Gasteiger partial charge in [0.05, 0.1) is 0 Å². The third kappa shape index (κ3) is 5.34. The molecule has 0 spiro atoms. The van der Waals surface area contributed by atoms with Gasteiger partial charge in [0.2, 0.25) is 0 Å². The lowest BCUT2D eigenvalue weighted by Gasteiger charge is -2.26. The molecule has 0 amide bonds. The number of carboxylic acid groups (broad SMARTS) is 1. The Hall–Kier alpha value is -1.62. The first-order valence-corrected chi connectivity index (χ1v) is 7.30. The van der Waals surface area contributed by atoms with Crippen LogP contribution in [-0.4, -0.2) is 30.7 Å². The summed E-state index contributed by atoms with van der Waals surface area (Å²) in [4.78, 5) is 12.9. The fourth-order valence-electron chi connectivity index (χ4n) is 2.11. The Bertz CT molecular complexity index is 479. The lowest BCUT2D eigenvalue weighted by Crippen LogP contribution is -2.34. The van der Waals surface area contributed by atoms with Gasteiger partial charge in [-0.3, -0.25) is 4.79 Å². The maximum absolute atomic E-state index is 13.5. The molecule has 5 heteroatoms. The quantitative estimate of drug-likeness (QED) is 0.774. The first kappa shape index (κ1) is 17.4. The fourth-order valence-corrected chi connectivity index (χ4v) is 2.11. The van der Waals surface area contributed by atoms with Crippen LogP contribution in [0.3, 0.4) is 0 Å². The van der Waals surface area contributed by atoms with Gasteiger partial charge in [-0.05, 0) is 36.6 Å². The van der Waals surface area contributed by atoms with Crippen LogP contribution in [0.2, 0.25) is 0 Å². The Labute approximate surface area is 126 Å². The van der Waals surface area contributed by atoms with E-state index >= 15 is 0 Å². The van der Waals surface area contributed by atoms with Crippen molar-refractivity contribution in [2.45, 2.75) is 39.8 Å². The standard InChI is InChI=1S/C16H25FN2O2/c1-5-11(2)10-19(4)15-7-6-14(17)8-13(15)9-18-12(3)16(20)21/h6-8,11-12,18H,5,9-10H2,1-4H3,(H,20,21)/t11?,12-/m0/s1. The number of aliphatic carboxylic acids is 1. The minimum Gasteiger partial charge on any atom is -0.480 e. The maximum Gasteiger partial charge on any atom is 0.320 e. The normalized spacial score (nSPS) is 13.8. The monoisotopic (exact) mass is 296 g/mol. The van der Waals surface area contributed by atoms with Gasteiger partial charge in [0, 0.05) is 25.8 Å². The second-order valence-electron chi connectivity index (χ2n) is 5.61. The molecular weight excluding hydrogens is 271 g/mol. The molecule has 4 nitrogen and oxygen atoms in total. The third-order valence-corrected chi connectivity index (χ3v) is 3.70. The lowest BCUT2D eigenvalue weighted by atomic mass is 10.1. The number of carboxylic acids is 1. The van der Waals surface area contributed by atoms with Crippen molar-refractivity contribution in [3.05, 3.63) is 29.6 Å². The molecule has 118 valence electrons. The zero-order valence-corrected chi connectivity index (χ0v) is 13.2. The van der Waals surface area contributed by atoms with Gasteiger partial charge in [-0.1, -0.05) is 20.3 Å². The molecule has 0 bridgehead atoms. The Kier molecular flexibility index (Phi) is 6.62. The van der Waals surface area contributed by atoms with Crippen molar-refractivity contribution in [3.63, 3.8) is 0 Å². The van der Waals surface area contributed by atoms with Gasteiger partial charge in [0.1, 0.15) is 11.9 Å². The van der Waals surface area contributed by atoms with Crippen molar-refractivity contribution in [1.82, 2.24) is 5.32 Å². The lowest BCUT2D eigenvalue weighted by molar-refractivity contribution is -0.139. The van der Waals surface area contributed by atoms with Crippen molar-refractivity contribution < 1.29 is 14.3 Å². The summed E-state index contributed by atoms with van der Waals surface area (Å²) in [6, 6.07) is 3.98. The summed E-state index contributed by atoms with van der Waals surface area (Å²) in [7, 11) is 1.98. The van der Waals surface area contributed by atoms with Crippen LogP contribution in [0.25, 0.3) is 0 Å². The van der Waals surface area contributed by atoms with E-state index in [1.807, 2.05) is 7.05 Å². The molecular formula is C16H25FN2O2. The van der Waals surface area contributed by atoms with Crippen molar-refractivity contribution in [3.8, 4) is 0 Å². The average Bonchev–Trinajstić information content (AvgIpc) is 2.44. The SMILES string of the molecule is CCC(C)CN(C)c1ccc(F)cc1CN[C@@H](C)C(=O)O. The largest absolute Gasteiger partial charge is 0.480 e. The number of benzene rings is 1. The molecule has 0 saturated heterocycles. The van der Waals surface area contributed by atoms with E-state index in [4.69, 9.17) is 5.11 Å². The van der Waals surface area contributed by atoms with Crippen LogP contribution in [0.4, 0.5) is 10.1 Å². The van der Waals surface area contributed by atoms with Crippen molar-refractivity contribution in [2.75, 3.05) is 18.5 Å². The molecule has 0 aromatic heterocycles. The Morgan fingerprint density at radius 3 is 2.67 bits per heavy atom. The topological polar surface area (TPSA) is 52.6 Å². The first-order valence-electron chi connectivity index (χ1n) is 7.30. The van der Waals surface area contributed by atoms with Crippen LogP contribution < -0.4 is 10.2 Å². The average molecular weight is 296 g/mol. The van der Waals surface area contributed by atoms with Gasteiger partial charge in [-0.2, -0.15) is 0 Å². The molecule has 1 aromatic carbocycles. The Balaban J connectivity index is 2.86. The summed E-state index contributed by atoms with van der Waals surface area (Å²) in [6.45, 7) is 7.09. The summed E-state index contributed by atoms with van der Waals surface area (Å²) < 4.78 is 13.5. The zero-order chi connectivity index (χ0) is 16.0. The Morgan fingerprint density at radius 1 is 1.43 bits per heavy atom. The molecule has 2 atom stereocenters. The number of nitrogens with zero attached hydrogens (tertiary/aromatic N) is 1. The van der Waals surface area contributed by atoms with Crippen LogP contribution in [0, 0.1) is 11.7 Å². The molecule has 2 N–H and O–H groups in total. The van der Waals surface area contributed by atoms with Crippen LogP contribution in [0.5, 0.6) is 0 Å². The number of nitrogens with one attached hydrogen (secondary N) is 1. The molecule has 0 aliphatic rings. The second kappa shape index (κ2) is 7.98. The van der Waals surface area contributed by atoms with Gasteiger partial charge < -0.3 is 15.3 Å². The second-order valence-corrected chi connectivity index (χ2v) is 5.61. The van der Waals surface area contributed by atoms with E-state index in [2.05, 4.69) is 24.1 Å². The predicted octanol–water partition coefficient (Wildman–Crippen LogP) is 2.87. The zero-order valence-electron chi connectivity index (χ0n) is 13.2. The molecule has 0 saturated carbocycles. The van der Waals surface area contributed by atoms with Gasteiger partial charge >= 0.3 is 5.97 Å². The van der Waals surface area contributed by atoms with Crippen LogP contribution in [-0.2, 0) is 11.3 Å². The van der Waals surface area contributed by atoms with Gasteiger partial charge in [-0.25, -0.2) is 4.39 Å². The third-order valence-electron chi connectivity index (χ3n) is 3.70. The summed E-state index contributed by atoms with van der Waals surface area (Å²) in [5.41, 5.74) is 1.70. The van der Waals surface area contributed by atoms with E-state index in [0.29, 0.717) is 12.5 Å². The van der Waals surface area contributed by atoms with E-state index in [1.54, 1.807) is 13.0 Å². The summed E-state index contributed by atoms with van der Waals surface area (Å²) in [5.74, 6) is -0.685. The van der Waals surface area contributed by atoms with Gasteiger partial charge in [0.15, 0.2) is 0 Å². The van der Waals surface area contributed by atoms with Gasteiger partial charge in [-0.15, -0.1) is 0 Å². The summed E-state index contributed by atoms with van der Waals surface area (Å²) in [6.07, 6.45) is 1.08. The minimum atomic E-state index is -0.916. The number of rotatable bonds is 8. The Morgan fingerprint density at radius 2 is 2.10 bits per heavy atom. The van der Waals surface area contributed by atoms with Crippen molar-refractivity contribution >= 4 is 11.7 Å². The van der Waals surface area contributed by atoms with E-state index in [0.717, 1.165) is 24.2 Å². The van der Waals surface area contributed by atoms with E-state index in [-0.39, 0.29) is 5.82 Å². The molecule has 0 aliphatic carbocycles. The molecule has 0 radical (unpaired) electrons. The van der Waals surface area contributed by atoms with E-state index in [9.17, 15) is 9.18 Å². The number of hydrogen-bond acceptors (Lipinski definition) is 3. The predicted molar refractivity (Wildman–Crippen MR) is 83.1 cm³/mol. The van der Waals surface area contributed by atoms with Crippen molar-refractivity contribution in [1.29, 1.82) is 0 Å². The number of hydrogen-bond donors (Lipinski definition) is 2. The van der Waals surface area contributed by atoms with Crippen LogP contribution >= 0.6 is 0 Å². The molecule has 1 rings (SSSR count). The molecule has 0 aliphatic heterocycles. The summed E-state index contributed by atoms with van der Waals surface area (Å²) >= 11 is 0. The van der Waals surface area contributed by atoms with Crippen molar-refractivity contribution in [2.24, 2.45) is 5.92 Å². The minimum absolute atomic E-state index is 0.310. The highest BCUT2D eigenvalue weighted by Gasteiger charge is 2.14. The number of halogens is 1. The summed E-state index contributed by atoms with van der Waals surface area (Å²) in [5, 5.41) is 11.8. The highest BCUT2D eigenvalue weighted by Crippen LogP contribution is 2.22. The highest BCUT2D eigenvalue weighted by atomic mass is 19.1. The molecule has 1 aromatic rings. The maximum atomic E-state index is 13.5. The van der Waals surface area contributed by atoms with Crippen LogP contribution in [0.15, 0.2) is 18.2 Å². The first-order chi connectivity index (χ1) is 9.85. The molecule has 1 unspecified atom stereocenters. The van der Waals surface area contributed by atoms with Crippen LogP contribution in [0.1, 0.15) is 32.8 Å². The smallest absolute Gasteiger partial charge is 0.320 e. The number of anilines is 1. The van der Waals surface area contributed by atoms with Gasteiger partial charge in [0.25, 0.3) is 0 Å². The van der Waals surface area contributed by atoms with E-state index in [1.165, 1.54) is 12.1 Å². The molecule has 0 fully saturated rings. The highest BCUT2D eigenvalue weighted by molar-refractivity contribution is 5.72. The fraction of sp³-hybridized carbons (Fsp3) is 0.562. The van der Waals surface area contributed by atoms with E-state index < -0.39 is 12.0 Å². The molecule has 0 heterocycles. The molecule has 21 heavy (non-hydrogen) atoms.